The molecule has 0 aliphatic rings. The summed E-state index contributed by atoms with van der Waals surface area (Å²) >= 11 is 0. The number of ether oxygens (including phenoxy) is 1. The van der Waals surface area contributed by atoms with Crippen LogP contribution in [0.1, 0.15) is 24.0 Å². The highest BCUT2D eigenvalue weighted by molar-refractivity contribution is 5.36. The fraction of sp³-hybridized carbons (Fsp3) is 0.357. The van der Waals surface area contributed by atoms with Crippen LogP contribution in [0.25, 0.3) is 0 Å². The first kappa shape index (κ1) is 13.3. The molecule has 19 heavy (non-hydrogen) atoms. The zero-order valence-corrected chi connectivity index (χ0v) is 11.5. The second-order valence-corrected chi connectivity index (χ2v) is 4.15. The molecule has 0 unspecified atom stereocenters. The maximum Gasteiger partial charge on any atom is 0.212 e. The fourth-order valence-corrected chi connectivity index (χ4v) is 1.76. The average Bonchev–Trinajstić information content (AvgIpc) is 2.47. The SMILES string of the molecule is CCc1cc(NC)nc(Cc2ccc(OC)nc2)n1. The number of anilines is 1. The Morgan fingerprint density at radius 2 is 2.11 bits per heavy atom. The summed E-state index contributed by atoms with van der Waals surface area (Å²) in [5.74, 6) is 2.27. The van der Waals surface area contributed by atoms with Crippen LogP contribution in [0.5, 0.6) is 5.88 Å². The summed E-state index contributed by atoms with van der Waals surface area (Å²) in [6.45, 7) is 2.08. The van der Waals surface area contributed by atoms with Crippen molar-refractivity contribution in [1.82, 2.24) is 15.0 Å². The van der Waals surface area contributed by atoms with Crippen LogP contribution in [0.15, 0.2) is 24.4 Å². The van der Waals surface area contributed by atoms with Crippen molar-refractivity contribution in [3.05, 3.63) is 41.5 Å². The number of hydrogen-bond donors (Lipinski definition) is 1. The molecule has 2 heterocycles. The number of nitrogens with one attached hydrogen (secondary N) is 1. The maximum absolute atomic E-state index is 5.04. The molecule has 0 amide bonds. The molecular formula is C14H18N4O. The van der Waals surface area contributed by atoms with Crippen molar-refractivity contribution in [3.8, 4) is 5.88 Å². The van der Waals surface area contributed by atoms with E-state index in [-0.39, 0.29) is 0 Å². The van der Waals surface area contributed by atoms with E-state index in [0.717, 1.165) is 29.3 Å². The van der Waals surface area contributed by atoms with Crippen LogP contribution in [0.3, 0.4) is 0 Å². The van der Waals surface area contributed by atoms with Crippen molar-refractivity contribution < 1.29 is 4.74 Å². The highest BCUT2D eigenvalue weighted by Gasteiger charge is 2.05. The number of nitrogens with zero attached hydrogens (tertiary/aromatic N) is 3. The van der Waals surface area contributed by atoms with E-state index in [4.69, 9.17) is 4.74 Å². The van der Waals surface area contributed by atoms with Crippen LogP contribution >= 0.6 is 0 Å². The highest BCUT2D eigenvalue weighted by Crippen LogP contribution is 2.12. The van der Waals surface area contributed by atoms with Gasteiger partial charge in [-0.05, 0) is 12.0 Å². The van der Waals surface area contributed by atoms with Crippen LogP contribution in [0, 0.1) is 0 Å². The summed E-state index contributed by atoms with van der Waals surface area (Å²) in [5, 5.41) is 3.06. The lowest BCUT2D eigenvalue weighted by atomic mass is 10.2. The third-order valence-electron chi connectivity index (χ3n) is 2.81. The summed E-state index contributed by atoms with van der Waals surface area (Å²) in [6, 6.07) is 5.79. The van der Waals surface area contributed by atoms with Crippen LogP contribution in [0.2, 0.25) is 0 Å². The van der Waals surface area contributed by atoms with Gasteiger partial charge in [0.15, 0.2) is 0 Å². The zero-order chi connectivity index (χ0) is 13.7. The Hall–Kier alpha value is -2.17. The van der Waals surface area contributed by atoms with E-state index in [2.05, 4.69) is 27.2 Å². The van der Waals surface area contributed by atoms with Gasteiger partial charge in [0, 0.05) is 37.5 Å². The van der Waals surface area contributed by atoms with Gasteiger partial charge in [0.25, 0.3) is 0 Å². The number of rotatable bonds is 5. The van der Waals surface area contributed by atoms with Crippen molar-refractivity contribution >= 4 is 5.82 Å². The molecule has 0 aliphatic heterocycles. The minimum absolute atomic E-state index is 0.614. The van der Waals surface area contributed by atoms with Gasteiger partial charge in [0.05, 0.1) is 7.11 Å². The molecule has 2 aromatic heterocycles. The van der Waals surface area contributed by atoms with Gasteiger partial charge in [-0.2, -0.15) is 0 Å². The molecule has 0 atom stereocenters. The summed E-state index contributed by atoms with van der Waals surface area (Å²) in [5.41, 5.74) is 2.10. The predicted molar refractivity (Wildman–Crippen MR) is 74.6 cm³/mol. The molecule has 100 valence electrons. The Labute approximate surface area is 113 Å². The fourth-order valence-electron chi connectivity index (χ4n) is 1.76. The summed E-state index contributed by atoms with van der Waals surface area (Å²) in [6.07, 6.45) is 3.35. The van der Waals surface area contributed by atoms with E-state index in [1.165, 1.54) is 0 Å². The molecule has 0 radical (unpaired) electrons. The topological polar surface area (TPSA) is 59.9 Å². The Morgan fingerprint density at radius 3 is 2.68 bits per heavy atom. The molecule has 5 nitrogen and oxygen atoms in total. The minimum Gasteiger partial charge on any atom is -0.481 e. The van der Waals surface area contributed by atoms with E-state index in [1.54, 1.807) is 13.3 Å². The van der Waals surface area contributed by atoms with E-state index in [0.29, 0.717) is 12.3 Å². The van der Waals surface area contributed by atoms with E-state index < -0.39 is 0 Å². The number of methoxy groups -OCH3 is 1. The molecule has 0 aliphatic carbocycles. The molecule has 0 aromatic carbocycles. The van der Waals surface area contributed by atoms with Crippen LogP contribution < -0.4 is 10.1 Å². The van der Waals surface area contributed by atoms with Gasteiger partial charge >= 0.3 is 0 Å². The molecule has 0 spiro atoms. The Morgan fingerprint density at radius 1 is 1.26 bits per heavy atom. The van der Waals surface area contributed by atoms with Gasteiger partial charge in [-0.15, -0.1) is 0 Å². The number of aromatic nitrogens is 3. The maximum atomic E-state index is 5.04. The highest BCUT2D eigenvalue weighted by atomic mass is 16.5. The first-order chi connectivity index (χ1) is 9.25. The smallest absolute Gasteiger partial charge is 0.212 e. The van der Waals surface area contributed by atoms with Crippen molar-refractivity contribution in [1.29, 1.82) is 0 Å². The second-order valence-electron chi connectivity index (χ2n) is 4.15. The van der Waals surface area contributed by atoms with Gasteiger partial charge in [-0.1, -0.05) is 13.0 Å². The third-order valence-corrected chi connectivity index (χ3v) is 2.81. The molecule has 1 N–H and O–H groups in total. The molecule has 5 heteroatoms. The summed E-state index contributed by atoms with van der Waals surface area (Å²) in [4.78, 5) is 13.2. The largest absolute Gasteiger partial charge is 0.481 e. The van der Waals surface area contributed by atoms with Crippen molar-refractivity contribution in [2.75, 3.05) is 19.5 Å². The molecular weight excluding hydrogens is 240 g/mol. The molecule has 0 fully saturated rings. The van der Waals surface area contributed by atoms with E-state index in [1.807, 2.05) is 25.2 Å². The summed E-state index contributed by atoms with van der Waals surface area (Å²) < 4.78 is 5.04. The summed E-state index contributed by atoms with van der Waals surface area (Å²) in [7, 11) is 3.47. The van der Waals surface area contributed by atoms with Gasteiger partial charge in [0.2, 0.25) is 5.88 Å². The number of aryl methyl sites for hydroxylation is 1. The van der Waals surface area contributed by atoms with Gasteiger partial charge in [-0.3, -0.25) is 0 Å². The van der Waals surface area contributed by atoms with E-state index in [9.17, 15) is 0 Å². The van der Waals surface area contributed by atoms with Crippen LogP contribution in [0.4, 0.5) is 5.82 Å². The van der Waals surface area contributed by atoms with Gasteiger partial charge in [0.1, 0.15) is 11.6 Å². The third kappa shape index (κ3) is 3.40. The Kier molecular flexibility index (Phi) is 4.28. The molecule has 0 saturated heterocycles. The predicted octanol–water partition coefficient (Wildman–Crippen LogP) is 2.08. The lowest BCUT2D eigenvalue weighted by Crippen LogP contribution is -2.04. The molecule has 2 aromatic rings. The van der Waals surface area contributed by atoms with E-state index >= 15 is 0 Å². The van der Waals surface area contributed by atoms with Crippen molar-refractivity contribution in [3.63, 3.8) is 0 Å². The van der Waals surface area contributed by atoms with Gasteiger partial charge in [-0.25, -0.2) is 15.0 Å². The average molecular weight is 258 g/mol. The van der Waals surface area contributed by atoms with Crippen molar-refractivity contribution in [2.24, 2.45) is 0 Å². The minimum atomic E-state index is 0.614. The van der Waals surface area contributed by atoms with Crippen LogP contribution in [-0.2, 0) is 12.8 Å². The first-order valence-electron chi connectivity index (χ1n) is 6.28. The second kappa shape index (κ2) is 6.13. The van der Waals surface area contributed by atoms with Crippen molar-refractivity contribution in [2.45, 2.75) is 19.8 Å². The monoisotopic (exact) mass is 258 g/mol. The molecule has 0 saturated carbocycles. The Bertz CT molecular complexity index is 517. The molecule has 0 bridgehead atoms. The Balaban J connectivity index is 2.21. The number of pyridine rings is 1. The normalized spacial score (nSPS) is 10.3. The lowest BCUT2D eigenvalue weighted by molar-refractivity contribution is 0.397. The molecule has 2 rings (SSSR count). The first-order valence-corrected chi connectivity index (χ1v) is 6.28. The number of hydrogen-bond acceptors (Lipinski definition) is 5. The zero-order valence-electron chi connectivity index (χ0n) is 11.5. The lowest BCUT2D eigenvalue weighted by Gasteiger charge is -2.07. The van der Waals surface area contributed by atoms with Crippen LogP contribution in [-0.4, -0.2) is 29.1 Å². The standard InChI is InChI=1S/C14H18N4O/c1-4-11-8-12(15-2)18-13(17-11)7-10-5-6-14(19-3)16-9-10/h5-6,8-9H,4,7H2,1-3H3,(H,15,17,18). The van der Waals surface area contributed by atoms with Gasteiger partial charge < -0.3 is 10.1 Å². The quantitative estimate of drug-likeness (QED) is 0.889.